The lowest BCUT2D eigenvalue weighted by atomic mass is 10.1. The van der Waals surface area contributed by atoms with Crippen LogP contribution >= 0.6 is 0 Å². The van der Waals surface area contributed by atoms with Gasteiger partial charge in [-0.1, -0.05) is 49.6 Å². The number of carboxylic acids is 1. The second-order valence-electron chi connectivity index (χ2n) is 6.08. The molecule has 0 radical (unpaired) electrons. The van der Waals surface area contributed by atoms with Gasteiger partial charge in [0.15, 0.2) is 11.7 Å². The van der Waals surface area contributed by atoms with Crippen LogP contribution in [0.3, 0.4) is 0 Å². The number of aliphatic carboxylic acids is 1. The Morgan fingerprint density at radius 1 is 1.28 bits per heavy atom. The molecule has 25 heavy (non-hydrogen) atoms. The van der Waals surface area contributed by atoms with Gasteiger partial charge in [0.25, 0.3) is 0 Å². The summed E-state index contributed by atoms with van der Waals surface area (Å²) in [4.78, 5) is 27.3. The van der Waals surface area contributed by atoms with E-state index in [1.165, 1.54) is 0 Å². The number of hydrogen-bond acceptors (Lipinski definition) is 4. The van der Waals surface area contributed by atoms with Gasteiger partial charge >= 0.3 is 5.97 Å². The summed E-state index contributed by atoms with van der Waals surface area (Å²) in [6.07, 6.45) is 4.20. The van der Waals surface area contributed by atoms with Crippen LogP contribution in [0.5, 0.6) is 0 Å². The van der Waals surface area contributed by atoms with Gasteiger partial charge in [0.1, 0.15) is 6.04 Å². The summed E-state index contributed by atoms with van der Waals surface area (Å²) < 4.78 is 5.67. The van der Waals surface area contributed by atoms with Crippen molar-refractivity contribution in [2.24, 2.45) is 0 Å². The number of rotatable bonds is 9. The van der Waals surface area contributed by atoms with Crippen molar-refractivity contribution in [3.63, 3.8) is 0 Å². The predicted molar refractivity (Wildman–Crippen MR) is 94.1 cm³/mol. The topological polar surface area (TPSA) is 92.4 Å². The zero-order chi connectivity index (χ0) is 18.2. The molecule has 2 N–H and O–H groups in total. The average Bonchev–Trinajstić information content (AvgIpc) is 3.06. The van der Waals surface area contributed by atoms with Crippen LogP contribution in [-0.4, -0.2) is 28.0 Å². The van der Waals surface area contributed by atoms with Gasteiger partial charge in [-0.25, -0.2) is 9.78 Å². The molecule has 1 atom stereocenters. The molecule has 0 bridgehead atoms. The fourth-order valence-corrected chi connectivity index (χ4v) is 2.43. The van der Waals surface area contributed by atoms with Gasteiger partial charge in [0, 0.05) is 18.4 Å². The Hall–Kier alpha value is -2.63. The molecule has 6 heteroatoms. The van der Waals surface area contributed by atoms with E-state index >= 15 is 0 Å². The Morgan fingerprint density at radius 2 is 2.00 bits per heavy atom. The first kappa shape index (κ1) is 18.7. The highest BCUT2D eigenvalue weighted by atomic mass is 16.4. The molecule has 1 heterocycles. The molecule has 1 aromatic heterocycles. The van der Waals surface area contributed by atoms with E-state index in [1.807, 2.05) is 38.1 Å². The number of oxazole rings is 1. The third kappa shape index (κ3) is 5.74. The molecule has 2 rings (SSSR count). The summed E-state index contributed by atoms with van der Waals surface area (Å²) >= 11 is 0. The van der Waals surface area contributed by atoms with Crippen LogP contribution in [0.25, 0.3) is 11.3 Å². The SMILES string of the molecule is CCCCC(NC(=O)CCc1ncc(-c2ccc(C)cc2)o1)C(=O)O. The molecule has 2 aromatic rings. The van der Waals surface area contributed by atoms with E-state index in [4.69, 9.17) is 9.52 Å². The summed E-state index contributed by atoms with van der Waals surface area (Å²) in [6.45, 7) is 3.99. The molecule has 0 aliphatic rings. The second kappa shape index (κ2) is 9.01. The third-order valence-electron chi connectivity index (χ3n) is 3.94. The average molecular weight is 344 g/mol. The molecular weight excluding hydrogens is 320 g/mol. The van der Waals surface area contributed by atoms with E-state index in [2.05, 4.69) is 10.3 Å². The van der Waals surface area contributed by atoms with Gasteiger partial charge < -0.3 is 14.8 Å². The first-order valence-corrected chi connectivity index (χ1v) is 8.53. The van der Waals surface area contributed by atoms with Gasteiger partial charge in [-0.05, 0) is 13.3 Å². The lowest BCUT2D eigenvalue weighted by Crippen LogP contribution is -2.40. The molecule has 0 fully saturated rings. The summed E-state index contributed by atoms with van der Waals surface area (Å²) in [6, 6.07) is 7.07. The minimum atomic E-state index is -1.00. The Bertz CT molecular complexity index is 706. The molecule has 1 amide bonds. The van der Waals surface area contributed by atoms with Gasteiger partial charge in [0.05, 0.1) is 6.20 Å². The normalized spacial score (nSPS) is 11.9. The van der Waals surface area contributed by atoms with Crippen molar-refractivity contribution in [3.05, 3.63) is 41.9 Å². The fourth-order valence-electron chi connectivity index (χ4n) is 2.43. The van der Waals surface area contributed by atoms with Crippen LogP contribution in [-0.2, 0) is 16.0 Å². The van der Waals surface area contributed by atoms with Crippen LogP contribution < -0.4 is 5.32 Å². The molecule has 134 valence electrons. The Morgan fingerprint density at radius 3 is 2.64 bits per heavy atom. The second-order valence-corrected chi connectivity index (χ2v) is 6.08. The van der Waals surface area contributed by atoms with Gasteiger partial charge in [0.2, 0.25) is 5.91 Å². The molecule has 1 aromatic carbocycles. The lowest BCUT2D eigenvalue weighted by molar-refractivity contribution is -0.142. The molecule has 0 saturated carbocycles. The van der Waals surface area contributed by atoms with Crippen molar-refractivity contribution in [3.8, 4) is 11.3 Å². The highest BCUT2D eigenvalue weighted by Gasteiger charge is 2.19. The zero-order valence-corrected chi connectivity index (χ0v) is 14.6. The first-order valence-electron chi connectivity index (χ1n) is 8.53. The fraction of sp³-hybridized carbons (Fsp3) is 0.421. The first-order chi connectivity index (χ1) is 12.0. The molecule has 1 unspecified atom stereocenters. The number of nitrogens with zero attached hydrogens (tertiary/aromatic N) is 1. The molecule has 0 aliphatic heterocycles. The van der Waals surface area contributed by atoms with Gasteiger partial charge in [-0.15, -0.1) is 0 Å². The predicted octanol–water partition coefficient (Wildman–Crippen LogP) is 3.34. The maximum absolute atomic E-state index is 12.0. The Kier molecular flexibility index (Phi) is 6.74. The van der Waals surface area contributed by atoms with Gasteiger partial charge in [-0.2, -0.15) is 0 Å². The number of amides is 1. The smallest absolute Gasteiger partial charge is 0.326 e. The van der Waals surface area contributed by atoms with Crippen LogP contribution in [0.4, 0.5) is 0 Å². The number of aromatic nitrogens is 1. The van der Waals surface area contributed by atoms with Crippen molar-refractivity contribution in [2.45, 2.75) is 52.0 Å². The number of carboxylic acid groups (broad SMARTS) is 1. The number of nitrogens with one attached hydrogen (secondary N) is 1. The Balaban J connectivity index is 1.87. The summed E-state index contributed by atoms with van der Waals surface area (Å²) in [7, 11) is 0. The highest BCUT2D eigenvalue weighted by molar-refractivity contribution is 5.83. The van der Waals surface area contributed by atoms with Crippen LogP contribution in [0.1, 0.15) is 44.1 Å². The molecule has 0 aliphatic carbocycles. The zero-order valence-electron chi connectivity index (χ0n) is 14.6. The van der Waals surface area contributed by atoms with E-state index in [0.29, 0.717) is 24.5 Å². The number of carbonyl (C=O) groups excluding carboxylic acids is 1. The standard InChI is InChI=1S/C19H24N2O4/c1-3-4-5-15(19(23)24)21-17(22)10-11-18-20-12-16(25-18)14-8-6-13(2)7-9-14/h6-9,12,15H,3-5,10-11H2,1-2H3,(H,21,22)(H,23,24). The minimum Gasteiger partial charge on any atom is -0.480 e. The van der Waals surface area contributed by atoms with Crippen LogP contribution in [0, 0.1) is 6.92 Å². The largest absolute Gasteiger partial charge is 0.480 e. The molecule has 6 nitrogen and oxygen atoms in total. The van der Waals surface area contributed by atoms with E-state index in [9.17, 15) is 9.59 Å². The van der Waals surface area contributed by atoms with Crippen LogP contribution in [0.2, 0.25) is 0 Å². The molecule has 0 saturated heterocycles. The number of unbranched alkanes of at least 4 members (excludes halogenated alkanes) is 1. The molecule has 0 spiro atoms. The maximum atomic E-state index is 12.0. The maximum Gasteiger partial charge on any atom is 0.326 e. The van der Waals surface area contributed by atoms with Crippen molar-refractivity contribution < 1.29 is 19.1 Å². The number of aryl methyl sites for hydroxylation is 2. The number of hydrogen-bond donors (Lipinski definition) is 2. The van der Waals surface area contributed by atoms with Gasteiger partial charge in [-0.3, -0.25) is 4.79 Å². The summed E-state index contributed by atoms with van der Waals surface area (Å²) in [5.74, 6) is -0.189. The van der Waals surface area contributed by atoms with Crippen molar-refractivity contribution in [1.82, 2.24) is 10.3 Å². The summed E-state index contributed by atoms with van der Waals surface area (Å²) in [5.41, 5.74) is 2.09. The summed E-state index contributed by atoms with van der Waals surface area (Å²) in [5, 5.41) is 11.7. The number of benzene rings is 1. The third-order valence-corrected chi connectivity index (χ3v) is 3.94. The Labute approximate surface area is 147 Å². The van der Waals surface area contributed by atoms with Crippen molar-refractivity contribution >= 4 is 11.9 Å². The van der Waals surface area contributed by atoms with E-state index in [-0.39, 0.29) is 12.3 Å². The van der Waals surface area contributed by atoms with E-state index in [0.717, 1.165) is 24.0 Å². The van der Waals surface area contributed by atoms with E-state index in [1.54, 1.807) is 6.20 Å². The monoisotopic (exact) mass is 344 g/mol. The van der Waals surface area contributed by atoms with E-state index < -0.39 is 12.0 Å². The number of carbonyl (C=O) groups is 2. The highest BCUT2D eigenvalue weighted by Crippen LogP contribution is 2.21. The van der Waals surface area contributed by atoms with Crippen LogP contribution in [0.15, 0.2) is 34.9 Å². The molecular formula is C19H24N2O4. The minimum absolute atomic E-state index is 0.143. The lowest BCUT2D eigenvalue weighted by Gasteiger charge is -2.13. The quantitative estimate of drug-likeness (QED) is 0.728. The van der Waals surface area contributed by atoms with Crippen molar-refractivity contribution in [2.75, 3.05) is 0 Å². The van der Waals surface area contributed by atoms with Crippen molar-refractivity contribution in [1.29, 1.82) is 0 Å².